The molecule has 0 saturated carbocycles. The minimum atomic E-state index is -4.52. The fourth-order valence-electron chi connectivity index (χ4n) is 2.57. The SMILES string of the molecule is Cc1ccc([C@H](C)NC(=S)Nc2ccc(Cl)c(C(F)(F)F)c2)c(C)c1. The number of nitrogens with one attached hydrogen (secondary N) is 2. The van der Waals surface area contributed by atoms with E-state index in [1.54, 1.807) is 0 Å². The monoisotopic (exact) mass is 386 g/mol. The second-order valence-electron chi connectivity index (χ2n) is 5.87. The Labute approximate surface area is 155 Å². The number of alkyl halides is 3. The van der Waals surface area contributed by atoms with Crippen molar-refractivity contribution in [2.75, 3.05) is 5.32 Å². The van der Waals surface area contributed by atoms with Crippen LogP contribution >= 0.6 is 23.8 Å². The first-order valence-electron chi connectivity index (χ1n) is 7.59. The highest BCUT2D eigenvalue weighted by molar-refractivity contribution is 7.80. The minimum absolute atomic E-state index is 0.0880. The number of rotatable bonds is 3. The Morgan fingerprint density at radius 2 is 1.80 bits per heavy atom. The maximum Gasteiger partial charge on any atom is 0.417 e. The van der Waals surface area contributed by atoms with Crippen molar-refractivity contribution >= 4 is 34.6 Å². The zero-order valence-corrected chi connectivity index (χ0v) is 15.5. The van der Waals surface area contributed by atoms with E-state index < -0.39 is 11.7 Å². The molecule has 2 N–H and O–H groups in total. The van der Waals surface area contributed by atoms with E-state index in [1.165, 1.54) is 12.1 Å². The molecule has 2 nitrogen and oxygen atoms in total. The van der Waals surface area contributed by atoms with Gasteiger partial charge in [-0.2, -0.15) is 13.2 Å². The Bertz CT molecular complexity index is 790. The van der Waals surface area contributed by atoms with E-state index in [0.29, 0.717) is 0 Å². The summed E-state index contributed by atoms with van der Waals surface area (Å²) in [4.78, 5) is 0. The van der Waals surface area contributed by atoms with Crippen LogP contribution in [0.25, 0.3) is 0 Å². The summed E-state index contributed by atoms with van der Waals surface area (Å²) >= 11 is 10.8. The summed E-state index contributed by atoms with van der Waals surface area (Å²) in [7, 11) is 0. The molecule has 0 aliphatic carbocycles. The Morgan fingerprint density at radius 3 is 2.40 bits per heavy atom. The highest BCUT2D eigenvalue weighted by Crippen LogP contribution is 2.36. The lowest BCUT2D eigenvalue weighted by Crippen LogP contribution is -2.31. The molecular weight excluding hydrogens is 369 g/mol. The zero-order valence-electron chi connectivity index (χ0n) is 14.0. The maximum absolute atomic E-state index is 12.9. The van der Waals surface area contributed by atoms with Crippen molar-refractivity contribution in [3.05, 3.63) is 63.7 Å². The van der Waals surface area contributed by atoms with Gasteiger partial charge in [0, 0.05) is 5.69 Å². The third-order valence-corrected chi connectivity index (χ3v) is 4.32. The summed E-state index contributed by atoms with van der Waals surface area (Å²) in [5.74, 6) is 0. The van der Waals surface area contributed by atoms with Gasteiger partial charge in [0.05, 0.1) is 16.6 Å². The number of hydrogen-bond donors (Lipinski definition) is 2. The molecule has 0 aliphatic heterocycles. The first-order valence-corrected chi connectivity index (χ1v) is 8.38. The van der Waals surface area contributed by atoms with Gasteiger partial charge in [0.25, 0.3) is 0 Å². The van der Waals surface area contributed by atoms with E-state index in [0.717, 1.165) is 22.8 Å². The molecule has 0 heterocycles. The number of aryl methyl sites for hydroxylation is 2. The van der Waals surface area contributed by atoms with Gasteiger partial charge in [0.1, 0.15) is 0 Å². The topological polar surface area (TPSA) is 24.1 Å². The van der Waals surface area contributed by atoms with E-state index in [2.05, 4.69) is 16.7 Å². The predicted octanol–water partition coefficient (Wildman–Crippen LogP) is 6.02. The number of thiocarbonyl (C=S) groups is 1. The smallest absolute Gasteiger partial charge is 0.356 e. The molecule has 0 aromatic heterocycles. The van der Waals surface area contributed by atoms with Crippen molar-refractivity contribution in [3.63, 3.8) is 0 Å². The summed E-state index contributed by atoms with van der Waals surface area (Å²) < 4.78 is 38.7. The highest BCUT2D eigenvalue weighted by atomic mass is 35.5. The lowest BCUT2D eigenvalue weighted by Gasteiger charge is -2.20. The Balaban J connectivity index is 2.10. The van der Waals surface area contributed by atoms with Gasteiger partial charge < -0.3 is 10.6 Å². The van der Waals surface area contributed by atoms with Gasteiger partial charge in [-0.05, 0) is 62.3 Å². The van der Waals surface area contributed by atoms with Crippen LogP contribution in [0.3, 0.4) is 0 Å². The molecular formula is C18H18ClF3N2S. The predicted molar refractivity (Wildman–Crippen MR) is 100 cm³/mol. The molecule has 2 aromatic rings. The van der Waals surface area contributed by atoms with Gasteiger partial charge in [0.2, 0.25) is 0 Å². The van der Waals surface area contributed by atoms with Crippen LogP contribution in [0.4, 0.5) is 18.9 Å². The van der Waals surface area contributed by atoms with Crippen LogP contribution in [0.2, 0.25) is 5.02 Å². The fourth-order valence-corrected chi connectivity index (χ4v) is 3.09. The van der Waals surface area contributed by atoms with Crippen molar-refractivity contribution in [1.82, 2.24) is 5.32 Å². The number of anilines is 1. The maximum atomic E-state index is 12.9. The lowest BCUT2D eigenvalue weighted by atomic mass is 10.0. The highest BCUT2D eigenvalue weighted by Gasteiger charge is 2.33. The van der Waals surface area contributed by atoms with Gasteiger partial charge in [0.15, 0.2) is 5.11 Å². The molecule has 25 heavy (non-hydrogen) atoms. The van der Waals surface area contributed by atoms with Crippen LogP contribution < -0.4 is 10.6 Å². The average molecular weight is 387 g/mol. The fraction of sp³-hybridized carbons (Fsp3) is 0.278. The van der Waals surface area contributed by atoms with Crippen LogP contribution in [-0.4, -0.2) is 5.11 Å². The molecule has 134 valence electrons. The molecule has 7 heteroatoms. The molecule has 0 spiro atoms. The van der Waals surface area contributed by atoms with Crippen LogP contribution in [-0.2, 0) is 6.18 Å². The Morgan fingerprint density at radius 1 is 1.12 bits per heavy atom. The molecule has 0 fully saturated rings. The summed E-state index contributed by atoms with van der Waals surface area (Å²) in [6.07, 6.45) is -4.52. The van der Waals surface area contributed by atoms with Crippen molar-refractivity contribution in [1.29, 1.82) is 0 Å². The van der Waals surface area contributed by atoms with E-state index >= 15 is 0 Å². The third-order valence-electron chi connectivity index (χ3n) is 3.77. The van der Waals surface area contributed by atoms with Crippen molar-refractivity contribution in [2.45, 2.75) is 33.0 Å². The molecule has 0 radical (unpaired) electrons. The summed E-state index contributed by atoms with van der Waals surface area (Å²) in [5, 5.41) is 5.75. The quantitative estimate of drug-likeness (QED) is 0.630. The standard InChI is InChI=1S/C18H18ClF3N2S/c1-10-4-6-14(11(2)8-10)12(3)23-17(25)24-13-5-7-16(19)15(9-13)18(20,21)22/h4-9,12H,1-3H3,(H2,23,24,25)/t12-/m0/s1. The van der Waals surface area contributed by atoms with Gasteiger partial charge >= 0.3 is 6.18 Å². The van der Waals surface area contributed by atoms with Crippen LogP contribution in [0, 0.1) is 13.8 Å². The molecule has 1 atom stereocenters. The van der Waals surface area contributed by atoms with Crippen molar-refractivity contribution < 1.29 is 13.2 Å². The molecule has 0 amide bonds. The average Bonchev–Trinajstić information content (AvgIpc) is 2.47. The van der Waals surface area contributed by atoms with Crippen molar-refractivity contribution in [2.24, 2.45) is 0 Å². The summed E-state index contributed by atoms with van der Waals surface area (Å²) in [5.41, 5.74) is 2.68. The van der Waals surface area contributed by atoms with Crippen LogP contribution in [0.1, 0.15) is 35.2 Å². The minimum Gasteiger partial charge on any atom is -0.356 e. The molecule has 0 bridgehead atoms. The molecule has 2 rings (SSSR count). The summed E-state index contributed by atoms with van der Waals surface area (Å²) in [6, 6.07) is 9.59. The first-order chi connectivity index (χ1) is 11.6. The van der Waals surface area contributed by atoms with E-state index in [1.807, 2.05) is 32.9 Å². The number of halogens is 4. The first kappa shape index (κ1) is 19.5. The molecule has 0 unspecified atom stereocenters. The van der Waals surface area contributed by atoms with E-state index in [4.69, 9.17) is 23.8 Å². The second kappa shape index (κ2) is 7.62. The van der Waals surface area contributed by atoms with E-state index in [9.17, 15) is 13.2 Å². The molecule has 2 aromatic carbocycles. The number of benzene rings is 2. The second-order valence-corrected chi connectivity index (χ2v) is 6.69. The molecule has 0 saturated heterocycles. The molecule has 0 aliphatic rings. The van der Waals surface area contributed by atoms with Crippen LogP contribution in [0.15, 0.2) is 36.4 Å². The van der Waals surface area contributed by atoms with Gasteiger partial charge in [-0.3, -0.25) is 0 Å². The van der Waals surface area contributed by atoms with Gasteiger partial charge in [-0.15, -0.1) is 0 Å². The normalized spacial score (nSPS) is 12.6. The number of hydrogen-bond acceptors (Lipinski definition) is 1. The van der Waals surface area contributed by atoms with Crippen LogP contribution in [0.5, 0.6) is 0 Å². The summed E-state index contributed by atoms with van der Waals surface area (Å²) in [6.45, 7) is 5.96. The zero-order chi connectivity index (χ0) is 18.8. The third kappa shape index (κ3) is 5.09. The van der Waals surface area contributed by atoms with Gasteiger partial charge in [-0.1, -0.05) is 35.4 Å². The Hall–Kier alpha value is -1.79. The largest absolute Gasteiger partial charge is 0.417 e. The Kier molecular flexibility index (Phi) is 5.95. The lowest BCUT2D eigenvalue weighted by molar-refractivity contribution is -0.137. The van der Waals surface area contributed by atoms with Gasteiger partial charge in [-0.25, -0.2) is 0 Å². The van der Waals surface area contributed by atoms with E-state index in [-0.39, 0.29) is 21.9 Å². The van der Waals surface area contributed by atoms with Crippen molar-refractivity contribution in [3.8, 4) is 0 Å².